The molecule has 2 N–H and O–H groups in total. The van der Waals surface area contributed by atoms with Crippen molar-refractivity contribution in [3.63, 3.8) is 0 Å². The van der Waals surface area contributed by atoms with E-state index in [2.05, 4.69) is 16.7 Å². The molecule has 0 bridgehead atoms. The van der Waals surface area contributed by atoms with Gasteiger partial charge in [0.05, 0.1) is 5.57 Å². The van der Waals surface area contributed by atoms with Crippen LogP contribution in [0, 0.1) is 11.3 Å². The number of halogens is 1. The van der Waals surface area contributed by atoms with E-state index in [1.165, 1.54) is 0 Å². The molecule has 0 saturated heterocycles. The number of rotatable bonds is 4. The number of carbonyl (C=O) groups is 1. The Balaban J connectivity index is 1.65. The molecule has 7 heteroatoms. The van der Waals surface area contributed by atoms with Crippen molar-refractivity contribution in [3.05, 3.63) is 112 Å². The zero-order chi connectivity index (χ0) is 23.7. The number of carbonyl (C=O) groups excluding carboxylic acids is 1. The molecular formula is C27H20ClN5O. The molecule has 34 heavy (non-hydrogen) atoms. The van der Waals surface area contributed by atoms with Gasteiger partial charge in [-0.25, -0.2) is 4.68 Å². The molecule has 0 spiro atoms. The number of allylic oxidation sites excluding steroid dienone is 1. The van der Waals surface area contributed by atoms with E-state index in [0.29, 0.717) is 39.1 Å². The van der Waals surface area contributed by atoms with Gasteiger partial charge in [-0.1, -0.05) is 72.3 Å². The predicted octanol–water partition coefficient (Wildman–Crippen LogP) is 6.00. The van der Waals surface area contributed by atoms with Gasteiger partial charge in [-0.15, -0.1) is 0 Å². The third kappa shape index (κ3) is 3.83. The SMILES string of the molecule is CC1=C(C(=O)Nc2ccc(Cl)cc2)C(c2ccccc2)n2nc(-c3ccccc3)c(C#N)c2N1. The molecule has 0 aliphatic carbocycles. The summed E-state index contributed by atoms with van der Waals surface area (Å²) in [7, 11) is 0. The second kappa shape index (κ2) is 8.89. The Kier molecular flexibility index (Phi) is 5.62. The van der Waals surface area contributed by atoms with Gasteiger partial charge in [0.1, 0.15) is 29.2 Å². The highest BCUT2D eigenvalue weighted by Crippen LogP contribution is 2.40. The Bertz CT molecular complexity index is 1430. The van der Waals surface area contributed by atoms with Crippen molar-refractivity contribution in [2.75, 3.05) is 10.6 Å². The lowest BCUT2D eigenvalue weighted by Crippen LogP contribution is -2.31. The van der Waals surface area contributed by atoms with Gasteiger partial charge < -0.3 is 10.6 Å². The van der Waals surface area contributed by atoms with Crippen molar-refractivity contribution >= 4 is 29.0 Å². The fraction of sp³-hybridized carbons (Fsp3) is 0.0741. The molecule has 4 aromatic rings. The lowest BCUT2D eigenvalue weighted by Gasteiger charge is -2.29. The van der Waals surface area contributed by atoms with Gasteiger partial charge in [-0.05, 0) is 36.8 Å². The van der Waals surface area contributed by atoms with E-state index in [4.69, 9.17) is 16.7 Å². The maximum atomic E-state index is 13.5. The van der Waals surface area contributed by atoms with Crippen molar-refractivity contribution in [1.29, 1.82) is 5.26 Å². The van der Waals surface area contributed by atoms with Gasteiger partial charge in [0.25, 0.3) is 5.91 Å². The summed E-state index contributed by atoms with van der Waals surface area (Å²) in [5, 5.41) is 21.7. The van der Waals surface area contributed by atoms with Crippen molar-refractivity contribution in [3.8, 4) is 17.3 Å². The molecule has 1 unspecified atom stereocenters. The second-order valence-corrected chi connectivity index (χ2v) is 8.37. The Hall–Kier alpha value is -4.34. The number of amides is 1. The third-order valence-electron chi connectivity index (χ3n) is 5.76. The molecular weight excluding hydrogens is 446 g/mol. The van der Waals surface area contributed by atoms with Gasteiger partial charge in [-0.3, -0.25) is 4.79 Å². The van der Waals surface area contributed by atoms with Crippen LogP contribution in [0.3, 0.4) is 0 Å². The molecule has 0 saturated carbocycles. The molecule has 166 valence electrons. The van der Waals surface area contributed by atoms with Crippen LogP contribution < -0.4 is 10.6 Å². The third-order valence-corrected chi connectivity index (χ3v) is 6.01. The maximum Gasteiger partial charge on any atom is 0.255 e. The predicted molar refractivity (Wildman–Crippen MR) is 133 cm³/mol. The van der Waals surface area contributed by atoms with Gasteiger partial charge in [0.15, 0.2) is 0 Å². The minimum atomic E-state index is -0.519. The van der Waals surface area contributed by atoms with Crippen LogP contribution >= 0.6 is 11.6 Å². The first kappa shape index (κ1) is 21.5. The van der Waals surface area contributed by atoms with Crippen molar-refractivity contribution < 1.29 is 4.79 Å². The highest BCUT2D eigenvalue weighted by Gasteiger charge is 2.36. The summed E-state index contributed by atoms with van der Waals surface area (Å²) in [6.45, 7) is 1.84. The summed E-state index contributed by atoms with van der Waals surface area (Å²) < 4.78 is 1.74. The Morgan fingerprint density at radius 1 is 1.03 bits per heavy atom. The molecule has 1 amide bonds. The number of nitriles is 1. The topological polar surface area (TPSA) is 82.7 Å². The highest BCUT2D eigenvalue weighted by atomic mass is 35.5. The van der Waals surface area contributed by atoms with Gasteiger partial charge in [0, 0.05) is 22.0 Å². The van der Waals surface area contributed by atoms with E-state index in [1.807, 2.05) is 67.6 Å². The summed E-state index contributed by atoms with van der Waals surface area (Å²) in [6, 6.07) is 28.0. The number of nitrogens with one attached hydrogen (secondary N) is 2. The normalized spacial score (nSPS) is 14.7. The van der Waals surface area contributed by atoms with Crippen molar-refractivity contribution in [1.82, 2.24) is 9.78 Å². The first-order chi connectivity index (χ1) is 16.6. The number of hydrogen-bond acceptors (Lipinski definition) is 4. The lowest BCUT2D eigenvalue weighted by atomic mass is 9.94. The number of hydrogen-bond donors (Lipinski definition) is 2. The van der Waals surface area contributed by atoms with Crippen LogP contribution in [-0.2, 0) is 4.79 Å². The maximum absolute atomic E-state index is 13.5. The van der Waals surface area contributed by atoms with E-state index >= 15 is 0 Å². The van der Waals surface area contributed by atoms with Crippen LogP contribution in [-0.4, -0.2) is 15.7 Å². The molecule has 3 aromatic carbocycles. The van der Waals surface area contributed by atoms with Gasteiger partial charge in [-0.2, -0.15) is 10.4 Å². The zero-order valence-corrected chi connectivity index (χ0v) is 19.0. The summed E-state index contributed by atoms with van der Waals surface area (Å²) in [5.74, 6) is 0.304. The van der Waals surface area contributed by atoms with Crippen LogP contribution in [0.4, 0.5) is 11.5 Å². The number of aromatic nitrogens is 2. The van der Waals surface area contributed by atoms with Crippen LogP contribution in [0.15, 0.2) is 96.2 Å². The van der Waals surface area contributed by atoms with Crippen LogP contribution in [0.1, 0.15) is 24.1 Å². The highest BCUT2D eigenvalue weighted by molar-refractivity contribution is 6.30. The quantitative estimate of drug-likeness (QED) is 0.387. The smallest absolute Gasteiger partial charge is 0.255 e. The number of fused-ring (bicyclic) bond motifs is 1. The molecule has 6 nitrogen and oxygen atoms in total. The Labute approximate surface area is 202 Å². The fourth-order valence-electron chi connectivity index (χ4n) is 4.19. The minimum Gasteiger partial charge on any atom is -0.343 e. The minimum absolute atomic E-state index is 0.262. The molecule has 1 aliphatic rings. The largest absolute Gasteiger partial charge is 0.343 e. The number of nitrogens with zero attached hydrogens (tertiary/aromatic N) is 3. The van der Waals surface area contributed by atoms with Gasteiger partial charge in [0.2, 0.25) is 0 Å². The number of anilines is 2. The number of benzene rings is 3. The summed E-state index contributed by atoms with van der Waals surface area (Å²) in [5.41, 5.74) is 4.53. The molecule has 2 heterocycles. The average Bonchev–Trinajstić information content (AvgIpc) is 3.23. The molecule has 1 aromatic heterocycles. The monoisotopic (exact) mass is 465 g/mol. The van der Waals surface area contributed by atoms with Crippen LogP contribution in [0.25, 0.3) is 11.3 Å². The lowest BCUT2D eigenvalue weighted by molar-refractivity contribution is -0.113. The molecule has 0 fully saturated rings. The Morgan fingerprint density at radius 3 is 2.32 bits per heavy atom. The summed E-state index contributed by atoms with van der Waals surface area (Å²) in [4.78, 5) is 13.5. The summed E-state index contributed by atoms with van der Waals surface area (Å²) >= 11 is 5.99. The van der Waals surface area contributed by atoms with E-state index < -0.39 is 6.04 Å². The van der Waals surface area contributed by atoms with Crippen molar-refractivity contribution in [2.45, 2.75) is 13.0 Å². The van der Waals surface area contributed by atoms with Gasteiger partial charge >= 0.3 is 0 Å². The van der Waals surface area contributed by atoms with Crippen LogP contribution in [0.5, 0.6) is 0 Å². The second-order valence-electron chi connectivity index (χ2n) is 7.93. The van der Waals surface area contributed by atoms with E-state index in [0.717, 1.165) is 11.1 Å². The average molecular weight is 466 g/mol. The molecule has 5 rings (SSSR count). The van der Waals surface area contributed by atoms with E-state index in [9.17, 15) is 10.1 Å². The molecule has 1 atom stereocenters. The summed E-state index contributed by atoms with van der Waals surface area (Å²) in [6.07, 6.45) is 0. The molecule has 0 radical (unpaired) electrons. The van der Waals surface area contributed by atoms with E-state index in [1.54, 1.807) is 28.9 Å². The first-order valence-corrected chi connectivity index (χ1v) is 11.1. The van der Waals surface area contributed by atoms with Crippen LogP contribution in [0.2, 0.25) is 5.02 Å². The fourth-order valence-corrected chi connectivity index (χ4v) is 4.31. The zero-order valence-electron chi connectivity index (χ0n) is 18.3. The van der Waals surface area contributed by atoms with E-state index in [-0.39, 0.29) is 5.91 Å². The standard InChI is InChI=1S/C27H20ClN5O/c1-17-23(27(34)31-21-14-12-20(28)13-15-21)25(19-10-6-3-7-11-19)33-26(30-17)22(16-29)24(32-33)18-8-4-2-5-9-18/h2-15,25,30H,1H3,(H,31,34). The molecule has 1 aliphatic heterocycles. The van der Waals surface area contributed by atoms with Crippen molar-refractivity contribution in [2.24, 2.45) is 0 Å². The Morgan fingerprint density at radius 2 is 1.68 bits per heavy atom. The first-order valence-electron chi connectivity index (χ1n) is 10.7.